The summed E-state index contributed by atoms with van der Waals surface area (Å²) in [7, 11) is 0. The van der Waals surface area contributed by atoms with Gasteiger partial charge in [0.2, 0.25) is 11.9 Å². The second-order valence-electron chi connectivity index (χ2n) is 4.92. The van der Waals surface area contributed by atoms with Crippen molar-refractivity contribution >= 4 is 11.9 Å². The third kappa shape index (κ3) is 4.86. The van der Waals surface area contributed by atoms with E-state index in [4.69, 9.17) is 5.73 Å². The van der Waals surface area contributed by atoms with Gasteiger partial charge in [0.05, 0.1) is 6.54 Å². The highest BCUT2D eigenvalue weighted by atomic mass is 16.1. The van der Waals surface area contributed by atoms with Crippen molar-refractivity contribution in [2.75, 3.05) is 25.4 Å². The highest BCUT2D eigenvalue weighted by Crippen LogP contribution is 2.09. The van der Waals surface area contributed by atoms with Gasteiger partial charge in [0, 0.05) is 6.42 Å². The lowest BCUT2D eigenvalue weighted by Gasteiger charge is -2.26. The van der Waals surface area contributed by atoms with Crippen LogP contribution in [0.3, 0.4) is 0 Å². The number of hydrogen-bond acceptors (Lipinski definition) is 5. The summed E-state index contributed by atoms with van der Waals surface area (Å²) in [6, 6.07) is 0. The molecule has 0 bridgehead atoms. The highest BCUT2D eigenvalue weighted by molar-refractivity contribution is 5.75. The number of likely N-dealkylation sites (tertiary alicyclic amines) is 1. The molecule has 1 aromatic heterocycles. The van der Waals surface area contributed by atoms with Crippen LogP contribution >= 0.6 is 0 Å². The molecule has 19 heavy (non-hydrogen) atoms. The smallest absolute Gasteiger partial charge is 0.239 e. The predicted octanol–water partition coefficient (Wildman–Crippen LogP) is 0.269. The summed E-state index contributed by atoms with van der Waals surface area (Å²) in [5.41, 5.74) is 5.38. The number of aromatic amines is 1. The molecule has 1 aliphatic heterocycles. The van der Waals surface area contributed by atoms with Crippen molar-refractivity contribution < 1.29 is 4.79 Å². The summed E-state index contributed by atoms with van der Waals surface area (Å²) in [5, 5.41) is 9.16. The Morgan fingerprint density at radius 1 is 1.37 bits per heavy atom. The Labute approximate surface area is 113 Å². The van der Waals surface area contributed by atoms with Crippen molar-refractivity contribution in [2.45, 2.75) is 38.6 Å². The van der Waals surface area contributed by atoms with E-state index in [0.29, 0.717) is 18.8 Å². The number of carbonyl (C=O) groups excluding carboxylic acids is 1. The summed E-state index contributed by atoms with van der Waals surface area (Å²) in [4.78, 5) is 18.0. The molecule has 7 nitrogen and oxygen atoms in total. The van der Waals surface area contributed by atoms with E-state index in [1.54, 1.807) is 0 Å². The van der Waals surface area contributed by atoms with Crippen LogP contribution in [0.2, 0.25) is 0 Å². The van der Waals surface area contributed by atoms with E-state index in [2.05, 4.69) is 25.4 Å². The lowest BCUT2D eigenvalue weighted by molar-refractivity contribution is -0.121. The number of aromatic nitrogens is 3. The lowest BCUT2D eigenvalue weighted by Crippen LogP contribution is -2.31. The largest absolute Gasteiger partial charge is 0.367 e. The van der Waals surface area contributed by atoms with Crippen LogP contribution in [-0.4, -0.2) is 45.6 Å². The van der Waals surface area contributed by atoms with Crippen LogP contribution in [0.25, 0.3) is 0 Å². The molecule has 0 radical (unpaired) electrons. The molecular weight excluding hydrogens is 244 g/mol. The Morgan fingerprint density at radius 2 is 2.16 bits per heavy atom. The summed E-state index contributed by atoms with van der Waals surface area (Å²) in [5.74, 6) is 0.836. The molecule has 106 valence electrons. The summed E-state index contributed by atoms with van der Waals surface area (Å²) < 4.78 is 0. The van der Waals surface area contributed by atoms with Crippen LogP contribution in [0.1, 0.15) is 37.9 Å². The fourth-order valence-corrected chi connectivity index (χ4v) is 2.31. The fraction of sp³-hybridized carbons (Fsp3) is 0.750. The van der Waals surface area contributed by atoms with Crippen LogP contribution < -0.4 is 11.1 Å². The van der Waals surface area contributed by atoms with E-state index in [1.165, 1.54) is 32.4 Å². The van der Waals surface area contributed by atoms with Gasteiger partial charge in [0.25, 0.3) is 0 Å². The molecule has 7 heteroatoms. The van der Waals surface area contributed by atoms with Crippen LogP contribution in [0.5, 0.6) is 0 Å². The Kier molecular flexibility index (Phi) is 5.14. The Hall–Kier alpha value is -1.63. The van der Waals surface area contributed by atoms with Gasteiger partial charge in [0.1, 0.15) is 5.82 Å². The molecule has 4 N–H and O–H groups in total. The summed E-state index contributed by atoms with van der Waals surface area (Å²) in [6.45, 7) is 3.73. The van der Waals surface area contributed by atoms with Crippen molar-refractivity contribution in [1.82, 2.24) is 25.4 Å². The number of amides is 1. The molecule has 0 unspecified atom stereocenters. The van der Waals surface area contributed by atoms with E-state index in [-0.39, 0.29) is 11.9 Å². The number of nitrogen functional groups attached to an aromatic ring is 1. The van der Waals surface area contributed by atoms with Gasteiger partial charge in [-0.1, -0.05) is 6.42 Å². The van der Waals surface area contributed by atoms with E-state index in [0.717, 1.165) is 13.0 Å². The topological polar surface area (TPSA) is 99.9 Å². The van der Waals surface area contributed by atoms with Crippen molar-refractivity contribution in [3.8, 4) is 0 Å². The zero-order valence-electron chi connectivity index (χ0n) is 11.2. The van der Waals surface area contributed by atoms with Gasteiger partial charge in [-0.3, -0.25) is 9.89 Å². The first-order valence-electron chi connectivity index (χ1n) is 6.90. The van der Waals surface area contributed by atoms with Gasteiger partial charge >= 0.3 is 0 Å². The fourth-order valence-electron chi connectivity index (χ4n) is 2.31. The van der Waals surface area contributed by atoms with Crippen molar-refractivity contribution in [1.29, 1.82) is 0 Å². The number of H-pyrrole nitrogens is 1. The van der Waals surface area contributed by atoms with Gasteiger partial charge in [-0.25, -0.2) is 0 Å². The molecule has 1 saturated heterocycles. The van der Waals surface area contributed by atoms with Crippen molar-refractivity contribution in [3.63, 3.8) is 0 Å². The maximum absolute atomic E-state index is 11.6. The van der Waals surface area contributed by atoms with Crippen LogP contribution in [0, 0.1) is 0 Å². The van der Waals surface area contributed by atoms with E-state index in [1.807, 2.05) is 0 Å². The number of anilines is 1. The van der Waals surface area contributed by atoms with Crippen molar-refractivity contribution in [2.24, 2.45) is 0 Å². The maximum atomic E-state index is 11.6. The summed E-state index contributed by atoms with van der Waals surface area (Å²) in [6.07, 6.45) is 5.39. The second kappa shape index (κ2) is 7.08. The van der Waals surface area contributed by atoms with Gasteiger partial charge in [-0.05, 0) is 38.9 Å². The molecule has 1 aromatic rings. The third-order valence-electron chi connectivity index (χ3n) is 3.33. The molecule has 2 rings (SSSR count). The van der Waals surface area contributed by atoms with Gasteiger partial charge in [0.15, 0.2) is 0 Å². The van der Waals surface area contributed by atoms with E-state index >= 15 is 0 Å². The monoisotopic (exact) mass is 266 g/mol. The first-order valence-corrected chi connectivity index (χ1v) is 6.90. The predicted molar refractivity (Wildman–Crippen MR) is 72.2 cm³/mol. The minimum Gasteiger partial charge on any atom is -0.367 e. The van der Waals surface area contributed by atoms with Gasteiger partial charge < -0.3 is 16.0 Å². The molecule has 0 aliphatic carbocycles. The molecule has 1 amide bonds. The standard InChI is InChI=1S/C12H22N6O/c13-12-15-10(16-17-12)9-14-11(19)5-4-8-18-6-2-1-3-7-18/h1-9H2,(H,14,19)(H3,13,15,16,17). The van der Waals surface area contributed by atoms with E-state index < -0.39 is 0 Å². The molecule has 1 fully saturated rings. The minimum atomic E-state index is 0.0481. The lowest BCUT2D eigenvalue weighted by atomic mass is 10.1. The normalized spacial score (nSPS) is 16.4. The Morgan fingerprint density at radius 3 is 2.84 bits per heavy atom. The molecule has 0 atom stereocenters. The molecular formula is C12H22N6O. The Bertz CT molecular complexity index is 399. The number of nitrogens with one attached hydrogen (secondary N) is 2. The number of hydrogen-bond donors (Lipinski definition) is 3. The number of piperidine rings is 1. The average Bonchev–Trinajstić information content (AvgIpc) is 2.83. The van der Waals surface area contributed by atoms with Crippen LogP contribution in [0.4, 0.5) is 5.95 Å². The van der Waals surface area contributed by atoms with Crippen LogP contribution in [-0.2, 0) is 11.3 Å². The van der Waals surface area contributed by atoms with Crippen LogP contribution in [0.15, 0.2) is 0 Å². The third-order valence-corrected chi connectivity index (χ3v) is 3.33. The maximum Gasteiger partial charge on any atom is 0.239 e. The molecule has 0 aromatic carbocycles. The summed E-state index contributed by atoms with van der Waals surface area (Å²) >= 11 is 0. The number of carbonyl (C=O) groups is 1. The first-order chi connectivity index (χ1) is 9.24. The van der Waals surface area contributed by atoms with Gasteiger partial charge in [-0.15, -0.1) is 5.10 Å². The number of rotatable bonds is 6. The Balaban J connectivity index is 1.56. The quantitative estimate of drug-likeness (QED) is 0.686. The number of nitrogens with two attached hydrogens (primary N) is 1. The minimum absolute atomic E-state index is 0.0481. The SMILES string of the molecule is Nc1n[nH]c(CNC(=O)CCCN2CCCCC2)n1. The second-order valence-corrected chi connectivity index (χ2v) is 4.92. The molecule has 0 saturated carbocycles. The average molecular weight is 266 g/mol. The molecule has 2 heterocycles. The van der Waals surface area contributed by atoms with E-state index in [9.17, 15) is 4.79 Å². The zero-order valence-corrected chi connectivity index (χ0v) is 11.2. The number of nitrogens with zero attached hydrogens (tertiary/aromatic N) is 3. The molecule has 0 spiro atoms. The highest BCUT2D eigenvalue weighted by Gasteiger charge is 2.10. The first kappa shape index (κ1) is 13.8. The van der Waals surface area contributed by atoms with Gasteiger partial charge in [-0.2, -0.15) is 4.98 Å². The van der Waals surface area contributed by atoms with Crippen molar-refractivity contribution in [3.05, 3.63) is 5.82 Å². The zero-order chi connectivity index (χ0) is 13.5. The molecule has 1 aliphatic rings.